The summed E-state index contributed by atoms with van der Waals surface area (Å²) in [5, 5.41) is 11.5. The van der Waals surface area contributed by atoms with E-state index in [0.29, 0.717) is 18.0 Å². The van der Waals surface area contributed by atoms with Gasteiger partial charge < -0.3 is 20.3 Å². The summed E-state index contributed by atoms with van der Waals surface area (Å²) in [6.07, 6.45) is 2.83. The molecule has 0 bridgehead atoms. The van der Waals surface area contributed by atoms with Crippen LogP contribution in [0.5, 0.6) is 5.75 Å². The number of hydrogen-bond donors (Lipinski definition) is 1. The number of benzene rings is 1. The molecule has 2 N–H and O–H groups in total. The van der Waals surface area contributed by atoms with Gasteiger partial charge in [0.15, 0.2) is 0 Å². The van der Waals surface area contributed by atoms with E-state index in [2.05, 4.69) is 16.6 Å². The van der Waals surface area contributed by atoms with Crippen molar-refractivity contribution < 1.29 is 9.66 Å². The summed E-state index contributed by atoms with van der Waals surface area (Å²) in [6, 6.07) is 2.91. The fourth-order valence-corrected chi connectivity index (χ4v) is 2.00. The van der Waals surface area contributed by atoms with Crippen LogP contribution in [0.15, 0.2) is 34.8 Å². The quantitative estimate of drug-likeness (QED) is 0.332. The Morgan fingerprint density at radius 3 is 2.60 bits per heavy atom. The minimum absolute atomic E-state index is 0.0544. The number of allylic oxidation sites excluding steroid dienone is 1. The van der Waals surface area contributed by atoms with E-state index in [1.807, 2.05) is 19.0 Å². The fraction of sp³-hybridized carbons (Fsp3) is 0.375. The number of hydrogen-bond acceptors (Lipinski definition) is 6. The predicted molar refractivity (Wildman–Crippen MR) is 101 cm³/mol. The first kappa shape index (κ1) is 20.1. The fourth-order valence-electron chi connectivity index (χ4n) is 2.00. The van der Waals surface area contributed by atoms with E-state index < -0.39 is 4.92 Å². The molecule has 25 heavy (non-hydrogen) atoms. The number of ether oxygens (including phenoxy) is 1. The van der Waals surface area contributed by atoms with E-state index in [9.17, 15) is 10.1 Å². The van der Waals surface area contributed by atoms with Gasteiger partial charge >= 0.3 is 0 Å². The predicted octanol–water partition coefficient (Wildman–Crippen LogP) is 1.80. The van der Waals surface area contributed by atoms with Crippen molar-refractivity contribution in [1.29, 1.82) is 0 Å². The van der Waals surface area contributed by atoms with Crippen LogP contribution in [0.25, 0.3) is 0 Å². The summed E-state index contributed by atoms with van der Waals surface area (Å²) in [5.41, 5.74) is 6.28. The molecular weight excluding hydrogens is 324 g/mol. The van der Waals surface area contributed by atoms with Gasteiger partial charge in [-0.15, -0.1) is 0 Å². The standard InChI is InChI=1S/C16H24N6O3/c1-6-7-18-16(17)19-12-10-14(22(23)24)13(11-15(12)25-5)21(4)9-8-20(2)3/h6-7,10-11H,1,8-9H2,2-5H3,(H2,17,19)/b18-7-. The Kier molecular flexibility index (Phi) is 7.54. The van der Waals surface area contributed by atoms with Crippen molar-refractivity contribution in [3.8, 4) is 5.75 Å². The highest BCUT2D eigenvalue weighted by atomic mass is 16.6. The van der Waals surface area contributed by atoms with E-state index in [4.69, 9.17) is 10.5 Å². The van der Waals surface area contributed by atoms with Crippen molar-refractivity contribution in [2.45, 2.75) is 0 Å². The summed E-state index contributed by atoms with van der Waals surface area (Å²) in [7, 11) is 7.13. The highest BCUT2D eigenvalue weighted by Gasteiger charge is 2.21. The molecular formula is C16H24N6O3. The molecule has 0 amide bonds. The van der Waals surface area contributed by atoms with Crippen molar-refractivity contribution in [2.75, 3.05) is 46.2 Å². The smallest absolute Gasteiger partial charge is 0.294 e. The molecule has 0 aliphatic carbocycles. The first-order chi connectivity index (χ1) is 11.8. The molecule has 0 aliphatic heterocycles. The van der Waals surface area contributed by atoms with Gasteiger partial charge in [-0.3, -0.25) is 10.1 Å². The molecule has 136 valence electrons. The topological polar surface area (TPSA) is 110 Å². The number of methoxy groups -OCH3 is 1. The van der Waals surface area contributed by atoms with E-state index in [-0.39, 0.29) is 17.3 Å². The maximum atomic E-state index is 11.5. The molecule has 0 unspecified atom stereocenters. The molecule has 0 atom stereocenters. The van der Waals surface area contributed by atoms with Crippen molar-refractivity contribution in [2.24, 2.45) is 15.7 Å². The lowest BCUT2D eigenvalue weighted by Crippen LogP contribution is -2.28. The average Bonchev–Trinajstić information content (AvgIpc) is 2.57. The average molecular weight is 348 g/mol. The summed E-state index contributed by atoms with van der Waals surface area (Å²) in [5.74, 6) is 0.315. The molecule has 0 aromatic heterocycles. The molecule has 0 saturated heterocycles. The normalized spacial score (nSPS) is 11.8. The summed E-state index contributed by atoms with van der Waals surface area (Å²) in [6.45, 7) is 4.85. The third-order valence-corrected chi connectivity index (χ3v) is 3.31. The van der Waals surface area contributed by atoms with Crippen LogP contribution in [-0.4, -0.2) is 63.3 Å². The van der Waals surface area contributed by atoms with Crippen LogP contribution >= 0.6 is 0 Å². The monoisotopic (exact) mass is 348 g/mol. The Morgan fingerprint density at radius 1 is 1.40 bits per heavy atom. The minimum Gasteiger partial charge on any atom is -0.494 e. The minimum atomic E-state index is -0.455. The first-order valence-electron chi connectivity index (χ1n) is 7.51. The second-order valence-corrected chi connectivity index (χ2v) is 5.48. The summed E-state index contributed by atoms with van der Waals surface area (Å²) < 4.78 is 5.31. The Hall–Kier alpha value is -2.94. The Labute approximate surface area is 147 Å². The molecule has 9 heteroatoms. The van der Waals surface area contributed by atoms with E-state index >= 15 is 0 Å². The third kappa shape index (κ3) is 5.88. The van der Waals surface area contributed by atoms with Crippen LogP contribution in [0.4, 0.5) is 17.1 Å². The maximum Gasteiger partial charge on any atom is 0.294 e. The molecule has 0 spiro atoms. The van der Waals surface area contributed by atoms with Crippen molar-refractivity contribution in [3.63, 3.8) is 0 Å². The molecule has 1 rings (SSSR count). The van der Waals surface area contributed by atoms with Crippen LogP contribution in [0.1, 0.15) is 0 Å². The van der Waals surface area contributed by atoms with Crippen LogP contribution in [-0.2, 0) is 0 Å². The molecule has 1 aromatic rings. The maximum absolute atomic E-state index is 11.5. The van der Waals surface area contributed by atoms with Crippen LogP contribution < -0.4 is 15.4 Å². The second-order valence-electron chi connectivity index (χ2n) is 5.48. The molecule has 0 aliphatic rings. The van der Waals surface area contributed by atoms with E-state index in [0.717, 1.165) is 6.54 Å². The SMILES string of the molecule is C=C/C=N\C(N)=Nc1cc([N+](=O)[O-])c(N(C)CCN(C)C)cc1OC. The highest BCUT2D eigenvalue weighted by Crippen LogP contribution is 2.39. The number of nitro benzene ring substituents is 1. The number of nitrogens with zero attached hydrogens (tertiary/aromatic N) is 5. The van der Waals surface area contributed by atoms with Gasteiger partial charge in [0.25, 0.3) is 5.69 Å². The Balaban J connectivity index is 3.35. The van der Waals surface area contributed by atoms with Gasteiger partial charge in [-0.1, -0.05) is 12.7 Å². The number of rotatable bonds is 8. The van der Waals surface area contributed by atoms with Gasteiger partial charge in [-0.05, 0) is 14.1 Å². The molecule has 0 heterocycles. The zero-order valence-corrected chi connectivity index (χ0v) is 15.0. The van der Waals surface area contributed by atoms with Crippen molar-refractivity contribution in [3.05, 3.63) is 34.9 Å². The molecule has 0 radical (unpaired) electrons. The molecule has 1 aromatic carbocycles. The Morgan fingerprint density at radius 2 is 2.08 bits per heavy atom. The summed E-state index contributed by atoms with van der Waals surface area (Å²) >= 11 is 0. The third-order valence-electron chi connectivity index (χ3n) is 3.31. The van der Waals surface area contributed by atoms with Gasteiger partial charge in [0.1, 0.15) is 17.1 Å². The second kappa shape index (κ2) is 9.38. The van der Waals surface area contributed by atoms with Gasteiger partial charge in [0.05, 0.1) is 12.0 Å². The summed E-state index contributed by atoms with van der Waals surface area (Å²) in [4.78, 5) is 22.7. The molecule has 0 saturated carbocycles. The number of nitro groups is 1. The highest BCUT2D eigenvalue weighted by molar-refractivity contribution is 5.92. The van der Waals surface area contributed by atoms with Crippen LogP contribution in [0.2, 0.25) is 0 Å². The first-order valence-corrected chi connectivity index (χ1v) is 7.51. The number of aliphatic imine (C=N–C) groups is 2. The number of nitrogens with two attached hydrogens (primary N) is 1. The largest absolute Gasteiger partial charge is 0.494 e. The zero-order valence-electron chi connectivity index (χ0n) is 15.0. The van der Waals surface area contributed by atoms with E-state index in [1.54, 1.807) is 18.0 Å². The van der Waals surface area contributed by atoms with Gasteiger partial charge in [-0.2, -0.15) is 0 Å². The lowest BCUT2D eigenvalue weighted by Gasteiger charge is -2.22. The zero-order chi connectivity index (χ0) is 19.0. The van der Waals surface area contributed by atoms with E-state index in [1.165, 1.54) is 25.5 Å². The van der Waals surface area contributed by atoms with Crippen molar-refractivity contribution in [1.82, 2.24) is 4.90 Å². The number of anilines is 1. The van der Waals surface area contributed by atoms with Crippen molar-refractivity contribution >= 4 is 29.2 Å². The van der Waals surface area contributed by atoms with Gasteiger partial charge in [0.2, 0.25) is 5.96 Å². The van der Waals surface area contributed by atoms with Crippen LogP contribution in [0.3, 0.4) is 0 Å². The molecule has 9 nitrogen and oxygen atoms in total. The van der Waals surface area contributed by atoms with Gasteiger partial charge in [-0.25, -0.2) is 9.98 Å². The molecule has 0 fully saturated rings. The van der Waals surface area contributed by atoms with Gasteiger partial charge in [0, 0.05) is 38.5 Å². The number of guanidine groups is 1. The van der Waals surface area contributed by atoms with Crippen LogP contribution in [0, 0.1) is 10.1 Å². The lowest BCUT2D eigenvalue weighted by atomic mass is 10.2. The lowest BCUT2D eigenvalue weighted by molar-refractivity contribution is -0.384. The number of likely N-dealkylation sites (N-methyl/N-ethyl adjacent to an activating group) is 2. The Bertz CT molecular complexity index is 685.